The second-order valence-electron chi connectivity index (χ2n) is 5.09. The van der Waals surface area contributed by atoms with Crippen LogP contribution in [0.25, 0.3) is 0 Å². The van der Waals surface area contributed by atoms with Crippen LogP contribution in [0.4, 0.5) is 8.78 Å². The van der Waals surface area contributed by atoms with Gasteiger partial charge >= 0.3 is 0 Å². The Kier molecular flexibility index (Phi) is 3.94. The number of H-pyrrole nitrogens is 1. The summed E-state index contributed by atoms with van der Waals surface area (Å²) in [7, 11) is 0. The van der Waals surface area contributed by atoms with Gasteiger partial charge in [-0.1, -0.05) is 6.07 Å². The van der Waals surface area contributed by atoms with Crippen molar-refractivity contribution in [2.45, 2.75) is 19.5 Å². The lowest BCUT2D eigenvalue weighted by molar-refractivity contribution is -0.0167. The summed E-state index contributed by atoms with van der Waals surface area (Å²) in [5.41, 5.74) is 0.525. The predicted molar refractivity (Wildman–Crippen MR) is 71.4 cm³/mol. The lowest BCUT2D eigenvalue weighted by Crippen LogP contribution is -2.40. The number of nitrogens with zero attached hydrogens (tertiary/aromatic N) is 3. The minimum atomic E-state index is -0.527. The number of hydrogen-bond acceptors (Lipinski definition) is 4. The zero-order valence-electron chi connectivity index (χ0n) is 11.6. The van der Waals surface area contributed by atoms with Gasteiger partial charge in [0.05, 0.1) is 19.3 Å². The molecule has 2 heterocycles. The van der Waals surface area contributed by atoms with E-state index in [1.807, 2.05) is 4.90 Å². The smallest absolute Gasteiger partial charge is 0.143 e. The standard InChI is InChI=1S/C14H16F2N4O/c1-9-2-3-11(15)10(13(9)16)6-20-4-5-21-7-12(20)14-17-8-18-19-14/h2-3,8,12H,4-7H2,1H3,(H,17,18,19). The number of rotatable bonds is 3. The Morgan fingerprint density at radius 2 is 2.29 bits per heavy atom. The van der Waals surface area contributed by atoms with Gasteiger partial charge in [-0.05, 0) is 18.6 Å². The third-order valence-electron chi connectivity index (χ3n) is 3.73. The Morgan fingerprint density at radius 1 is 1.43 bits per heavy atom. The highest BCUT2D eigenvalue weighted by Crippen LogP contribution is 2.26. The van der Waals surface area contributed by atoms with E-state index in [0.717, 1.165) is 0 Å². The van der Waals surface area contributed by atoms with Crippen LogP contribution in [0.2, 0.25) is 0 Å². The van der Waals surface area contributed by atoms with Gasteiger partial charge in [0.25, 0.3) is 0 Å². The Hall–Kier alpha value is -1.86. The molecule has 1 aromatic heterocycles. The van der Waals surface area contributed by atoms with Crippen LogP contribution in [0.3, 0.4) is 0 Å². The summed E-state index contributed by atoms with van der Waals surface area (Å²) in [4.78, 5) is 6.07. The maximum Gasteiger partial charge on any atom is 0.143 e. The van der Waals surface area contributed by atoms with E-state index in [1.165, 1.54) is 18.5 Å². The first-order valence-electron chi connectivity index (χ1n) is 6.77. The molecule has 0 spiro atoms. The molecule has 0 radical (unpaired) electrons. The Balaban J connectivity index is 1.87. The summed E-state index contributed by atoms with van der Waals surface area (Å²) in [6, 6.07) is 2.57. The van der Waals surface area contributed by atoms with Crippen LogP contribution >= 0.6 is 0 Å². The van der Waals surface area contributed by atoms with Crippen LogP contribution in [-0.2, 0) is 11.3 Å². The summed E-state index contributed by atoms with van der Waals surface area (Å²) in [5, 5.41) is 6.61. The van der Waals surface area contributed by atoms with E-state index in [4.69, 9.17) is 4.74 Å². The average molecular weight is 294 g/mol. The van der Waals surface area contributed by atoms with E-state index in [0.29, 0.717) is 31.1 Å². The van der Waals surface area contributed by atoms with E-state index < -0.39 is 11.6 Å². The number of halogens is 2. The highest BCUT2D eigenvalue weighted by Gasteiger charge is 2.28. The zero-order chi connectivity index (χ0) is 14.8. The highest BCUT2D eigenvalue weighted by molar-refractivity contribution is 5.26. The molecule has 1 unspecified atom stereocenters. The SMILES string of the molecule is Cc1ccc(F)c(CN2CCOCC2c2ncn[nH]2)c1F. The zero-order valence-corrected chi connectivity index (χ0v) is 11.6. The molecule has 1 N–H and O–H groups in total. The Morgan fingerprint density at radius 3 is 3.05 bits per heavy atom. The molecule has 1 fully saturated rings. The van der Waals surface area contributed by atoms with Gasteiger partial charge in [-0.2, -0.15) is 5.10 Å². The van der Waals surface area contributed by atoms with E-state index in [9.17, 15) is 8.78 Å². The second-order valence-corrected chi connectivity index (χ2v) is 5.09. The fraction of sp³-hybridized carbons (Fsp3) is 0.429. The van der Waals surface area contributed by atoms with Gasteiger partial charge in [0.2, 0.25) is 0 Å². The normalized spacial score (nSPS) is 19.9. The van der Waals surface area contributed by atoms with Gasteiger partial charge in [-0.15, -0.1) is 0 Å². The van der Waals surface area contributed by atoms with Crippen LogP contribution in [0.1, 0.15) is 23.0 Å². The molecule has 1 aromatic carbocycles. The molecule has 1 atom stereocenters. The second kappa shape index (κ2) is 5.87. The molecule has 21 heavy (non-hydrogen) atoms. The lowest BCUT2D eigenvalue weighted by Gasteiger charge is -2.34. The van der Waals surface area contributed by atoms with Gasteiger partial charge in [-0.25, -0.2) is 13.8 Å². The monoisotopic (exact) mass is 294 g/mol. The topological polar surface area (TPSA) is 54.0 Å². The van der Waals surface area contributed by atoms with Crippen molar-refractivity contribution in [1.82, 2.24) is 20.1 Å². The quantitative estimate of drug-likeness (QED) is 0.940. The summed E-state index contributed by atoms with van der Waals surface area (Å²) < 4.78 is 33.5. The maximum atomic E-state index is 14.2. The van der Waals surface area contributed by atoms with E-state index in [1.54, 1.807) is 6.92 Å². The molecule has 0 amide bonds. The van der Waals surface area contributed by atoms with Crippen LogP contribution in [0.15, 0.2) is 18.5 Å². The van der Waals surface area contributed by atoms with E-state index in [2.05, 4.69) is 15.2 Å². The average Bonchev–Trinajstić information content (AvgIpc) is 3.02. The first-order valence-corrected chi connectivity index (χ1v) is 6.77. The third-order valence-corrected chi connectivity index (χ3v) is 3.73. The molecule has 7 heteroatoms. The number of aromatic nitrogens is 3. The third kappa shape index (κ3) is 2.79. The van der Waals surface area contributed by atoms with Gasteiger partial charge in [0, 0.05) is 18.7 Å². The van der Waals surface area contributed by atoms with Crippen molar-refractivity contribution in [2.24, 2.45) is 0 Å². The van der Waals surface area contributed by atoms with Gasteiger partial charge < -0.3 is 4.74 Å². The molecule has 0 saturated carbocycles. The molecule has 2 aromatic rings. The number of benzene rings is 1. The number of nitrogens with one attached hydrogen (secondary N) is 1. The van der Waals surface area contributed by atoms with Crippen molar-refractivity contribution >= 4 is 0 Å². The fourth-order valence-corrected chi connectivity index (χ4v) is 2.52. The molecule has 1 aliphatic rings. The summed E-state index contributed by atoms with van der Waals surface area (Å²) in [6.45, 7) is 3.34. The molecule has 5 nitrogen and oxygen atoms in total. The molecular weight excluding hydrogens is 278 g/mol. The molecule has 0 bridgehead atoms. The van der Waals surface area contributed by atoms with Crippen LogP contribution in [-0.4, -0.2) is 39.8 Å². The summed E-state index contributed by atoms with van der Waals surface area (Å²) in [6.07, 6.45) is 1.41. The van der Waals surface area contributed by atoms with E-state index >= 15 is 0 Å². The number of aryl methyl sites for hydroxylation is 1. The van der Waals surface area contributed by atoms with Gasteiger partial charge in [0.1, 0.15) is 23.8 Å². The predicted octanol–water partition coefficient (Wildman–Crippen LogP) is 1.96. The van der Waals surface area contributed by atoms with Gasteiger partial charge in [-0.3, -0.25) is 10.00 Å². The first-order chi connectivity index (χ1) is 10.2. The minimum Gasteiger partial charge on any atom is -0.378 e. The molecule has 1 aliphatic heterocycles. The van der Waals surface area contributed by atoms with Crippen molar-refractivity contribution in [3.63, 3.8) is 0 Å². The van der Waals surface area contributed by atoms with Crippen molar-refractivity contribution in [3.8, 4) is 0 Å². The first kappa shape index (κ1) is 14.1. The molecular formula is C14H16F2N4O. The van der Waals surface area contributed by atoms with E-state index in [-0.39, 0.29) is 18.2 Å². The molecule has 0 aliphatic carbocycles. The molecule has 112 valence electrons. The van der Waals surface area contributed by atoms with Crippen molar-refractivity contribution < 1.29 is 13.5 Å². The van der Waals surface area contributed by atoms with Crippen LogP contribution in [0, 0.1) is 18.6 Å². The fourth-order valence-electron chi connectivity index (χ4n) is 2.52. The van der Waals surface area contributed by atoms with Crippen LogP contribution in [0.5, 0.6) is 0 Å². The van der Waals surface area contributed by atoms with Crippen molar-refractivity contribution in [1.29, 1.82) is 0 Å². The highest BCUT2D eigenvalue weighted by atomic mass is 19.1. The Labute approximate surface area is 120 Å². The summed E-state index contributed by atoms with van der Waals surface area (Å²) in [5.74, 6) is -0.373. The number of aromatic amines is 1. The lowest BCUT2D eigenvalue weighted by atomic mass is 10.1. The summed E-state index contributed by atoms with van der Waals surface area (Å²) >= 11 is 0. The Bertz CT molecular complexity index is 618. The largest absolute Gasteiger partial charge is 0.378 e. The van der Waals surface area contributed by atoms with Crippen molar-refractivity contribution in [3.05, 3.63) is 47.0 Å². The van der Waals surface area contributed by atoms with Crippen molar-refractivity contribution in [2.75, 3.05) is 19.8 Å². The number of ether oxygens (including phenoxy) is 1. The number of morpholine rings is 1. The molecule has 1 saturated heterocycles. The van der Waals surface area contributed by atoms with Crippen LogP contribution < -0.4 is 0 Å². The maximum absolute atomic E-state index is 14.2. The number of hydrogen-bond donors (Lipinski definition) is 1. The molecule has 3 rings (SSSR count). The minimum absolute atomic E-state index is 0.0846. The van der Waals surface area contributed by atoms with Gasteiger partial charge in [0.15, 0.2) is 0 Å².